The quantitative estimate of drug-likeness (QED) is 0.747. The topological polar surface area (TPSA) is 42.8 Å². The van der Waals surface area contributed by atoms with Crippen molar-refractivity contribution < 1.29 is 4.74 Å². The van der Waals surface area contributed by atoms with Crippen LogP contribution in [0.2, 0.25) is 0 Å². The van der Waals surface area contributed by atoms with Crippen molar-refractivity contribution in [2.45, 2.75) is 13.5 Å². The summed E-state index contributed by atoms with van der Waals surface area (Å²) in [4.78, 5) is 8.51. The molecule has 0 saturated heterocycles. The summed E-state index contributed by atoms with van der Waals surface area (Å²) in [7, 11) is 0. The van der Waals surface area contributed by atoms with Gasteiger partial charge in [0, 0.05) is 11.1 Å². The number of para-hydroxylation sites is 1. The van der Waals surface area contributed by atoms with Crippen molar-refractivity contribution in [1.29, 1.82) is 0 Å². The summed E-state index contributed by atoms with van der Waals surface area (Å²) < 4.78 is 8.40. The van der Waals surface area contributed by atoms with E-state index in [-0.39, 0.29) is 0 Å². The SMILES string of the molecule is CCOc1cccc2c1[nH]c(=S)n2Cc1cncs1. The number of fused-ring (bicyclic) bond motifs is 1. The lowest BCUT2D eigenvalue weighted by molar-refractivity contribution is 0.343. The summed E-state index contributed by atoms with van der Waals surface area (Å²) in [5.41, 5.74) is 3.85. The molecule has 19 heavy (non-hydrogen) atoms. The largest absolute Gasteiger partial charge is 0.492 e. The Kier molecular flexibility index (Phi) is 3.35. The number of imidazole rings is 1. The van der Waals surface area contributed by atoms with Crippen LogP contribution in [0, 0.1) is 4.77 Å². The molecule has 2 heterocycles. The zero-order valence-electron chi connectivity index (χ0n) is 10.4. The predicted octanol–water partition coefficient (Wildman–Crippen LogP) is 3.60. The molecule has 0 fully saturated rings. The Labute approximate surface area is 119 Å². The number of hydrogen-bond donors (Lipinski definition) is 1. The molecule has 1 aromatic carbocycles. The van der Waals surface area contributed by atoms with Gasteiger partial charge in [-0.05, 0) is 31.3 Å². The van der Waals surface area contributed by atoms with Gasteiger partial charge in [-0.3, -0.25) is 4.98 Å². The number of aromatic amines is 1. The molecule has 0 aliphatic heterocycles. The molecule has 0 amide bonds. The molecule has 6 heteroatoms. The van der Waals surface area contributed by atoms with Crippen LogP contribution in [0.15, 0.2) is 29.9 Å². The van der Waals surface area contributed by atoms with E-state index in [1.807, 2.05) is 36.8 Å². The first kappa shape index (κ1) is 12.4. The molecule has 0 bridgehead atoms. The van der Waals surface area contributed by atoms with E-state index < -0.39 is 0 Å². The van der Waals surface area contributed by atoms with E-state index >= 15 is 0 Å². The summed E-state index contributed by atoms with van der Waals surface area (Å²) in [6, 6.07) is 5.98. The van der Waals surface area contributed by atoms with Crippen molar-refractivity contribution >= 4 is 34.6 Å². The summed E-state index contributed by atoms with van der Waals surface area (Å²) in [5.74, 6) is 0.842. The standard InChI is InChI=1S/C13H13N3OS2/c1-2-17-11-5-3-4-10-12(11)15-13(18)16(10)7-9-6-14-8-19-9/h3-6,8H,2,7H2,1H3,(H,15,18). The highest BCUT2D eigenvalue weighted by Gasteiger charge is 2.09. The van der Waals surface area contributed by atoms with E-state index in [0.717, 1.165) is 23.3 Å². The third-order valence-electron chi connectivity index (χ3n) is 2.87. The molecular formula is C13H13N3OS2. The van der Waals surface area contributed by atoms with Gasteiger partial charge < -0.3 is 14.3 Å². The molecule has 2 aromatic heterocycles. The molecule has 0 aliphatic rings. The van der Waals surface area contributed by atoms with Gasteiger partial charge in [-0.25, -0.2) is 0 Å². The average Bonchev–Trinajstić information content (AvgIpc) is 3.01. The molecular weight excluding hydrogens is 278 g/mol. The van der Waals surface area contributed by atoms with E-state index in [2.05, 4.69) is 14.5 Å². The Balaban J connectivity index is 2.12. The molecule has 3 rings (SSSR count). The van der Waals surface area contributed by atoms with Crippen LogP contribution in [-0.2, 0) is 6.54 Å². The number of ether oxygens (including phenoxy) is 1. The maximum atomic E-state index is 5.62. The molecule has 0 atom stereocenters. The van der Waals surface area contributed by atoms with Gasteiger partial charge in [-0.1, -0.05) is 6.07 Å². The second kappa shape index (κ2) is 5.14. The minimum absolute atomic E-state index is 0.639. The molecule has 0 unspecified atom stereocenters. The number of nitrogens with one attached hydrogen (secondary N) is 1. The fourth-order valence-electron chi connectivity index (χ4n) is 2.06. The highest BCUT2D eigenvalue weighted by Crippen LogP contribution is 2.25. The summed E-state index contributed by atoms with van der Waals surface area (Å²) in [6.07, 6.45) is 1.87. The number of aromatic nitrogens is 3. The number of hydrogen-bond acceptors (Lipinski definition) is 4. The Bertz CT molecular complexity index is 743. The summed E-state index contributed by atoms with van der Waals surface area (Å²) in [5, 5.41) is 0. The van der Waals surface area contributed by atoms with Gasteiger partial charge in [0.25, 0.3) is 0 Å². The summed E-state index contributed by atoms with van der Waals surface area (Å²) in [6.45, 7) is 3.35. The van der Waals surface area contributed by atoms with Gasteiger partial charge >= 0.3 is 0 Å². The molecule has 0 aliphatic carbocycles. The van der Waals surface area contributed by atoms with Crippen LogP contribution in [-0.4, -0.2) is 21.1 Å². The van der Waals surface area contributed by atoms with E-state index in [9.17, 15) is 0 Å². The van der Waals surface area contributed by atoms with Crippen molar-refractivity contribution in [2.24, 2.45) is 0 Å². The van der Waals surface area contributed by atoms with Crippen LogP contribution in [0.4, 0.5) is 0 Å². The number of thiazole rings is 1. The lowest BCUT2D eigenvalue weighted by Crippen LogP contribution is -1.98. The smallest absolute Gasteiger partial charge is 0.178 e. The second-order valence-electron chi connectivity index (χ2n) is 4.07. The van der Waals surface area contributed by atoms with Gasteiger partial charge in [0.15, 0.2) is 4.77 Å². The zero-order valence-corrected chi connectivity index (χ0v) is 12.1. The number of H-pyrrole nitrogens is 1. The molecule has 0 saturated carbocycles. The monoisotopic (exact) mass is 291 g/mol. The van der Waals surface area contributed by atoms with Crippen LogP contribution < -0.4 is 4.74 Å². The minimum Gasteiger partial charge on any atom is -0.492 e. The van der Waals surface area contributed by atoms with Gasteiger partial charge in [-0.2, -0.15) is 0 Å². The maximum Gasteiger partial charge on any atom is 0.178 e. The lowest BCUT2D eigenvalue weighted by atomic mass is 10.3. The first-order chi connectivity index (χ1) is 9.29. The van der Waals surface area contributed by atoms with Crippen LogP contribution >= 0.6 is 23.6 Å². The molecule has 4 nitrogen and oxygen atoms in total. The normalized spacial score (nSPS) is 11.0. The van der Waals surface area contributed by atoms with Crippen molar-refractivity contribution in [2.75, 3.05) is 6.61 Å². The highest BCUT2D eigenvalue weighted by molar-refractivity contribution is 7.71. The molecule has 3 aromatic rings. The van der Waals surface area contributed by atoms with Crippen molar-refractivity contribution in [3.05, 3.63) is 39.6 Å². The van der Waals surface area contributed by atoms with Gasteiger partial charge in [0.2, 0.25) is 0 Å². The first-order valence-electron chi connectivity index (χ1n) is 6.01. The van der Waals surface area contributed by atoms with E-state index in [4.69, 9.17) is 17.0 Å². The van der Waals surface area contributed by atoms with Gasteiger partial charge in [0.1, 0.15) is 11.3 Å². The van der Waals surface area contributed by atoms with E-state index in [1.54, 1.807) is 11.3 Å². The molecule has 0 spiro atoms. The van der Waals surface area contributed by atoms with Crippen LogP contribution in [0.5, 0.6) is 5.75 Å². The lowest BCUT2D eigenvalue weighted by Gasteiger charge is -2.05. The Hall–Kier alpha value is -1.66. The van der Waals surface area contributed by atoms with Crippen molar-refractivity contribution in [1.82, 2.24) is 14.5 Å². The number of benzene rings is 1. The van der Waals surface area contributed by atoms with Gasteiger partial charge in [0.05, 0.1) is 24.2 Å². The third-order valence-corrected chi connectivity index (χ3v) is 3.96. The molecule has 1 N–H and O–H groups in total. The first-order valence-corrected chi connectivity index (χ1v) is 7.30. The number of rotatable bonds is 4. The number of nitrogens with zero attached hydrogens (tertiary/aromatic N) is 2. The minimum atomic E-state index is 0.639. The zero-order chi connectivity index (χ0) is 13.2. The van der Waals surface area contributed by atoms with Crippen molar-refractivity contribution in [3.63, 3.8) is 0 Å². The third kappa shape index (κ3) is 2.29. The van der Waals surface area contributed by atoms with Crippen LogP contribution in [0.25, 0.3) is 11.0 Å². The van der Waals surface area contributed by atoms with Gasteiger partial charge in [-0.15, -0.1) is 11.3 Å². The van der Waals surface area contributed by atoms with Crippen molar-refractivity contribution in [3.8, 4) is 5.75 Å². The Morgan fingerprint density at radius 2 is 2.37 bits per heavy atom. The molecule has 98 valence electrons. The maximum absolute atomic E-state index is 5.62. The fraction of sp³-hybridized carbons (Fsp3) is 0.231. The van der Waals surface area contributed by atoms with Crippen LogP contribution in [0.3, 0.4) is 0 Å². The second-order valence-corrected chi connectivity index (χ2v) is 5.42. The predicted molar refractivity (Wildman–Crippen MR) is 79.5 cm³/mol. The fourth-order valence-corrected chi connectivity index (χ4v) is 2.91. The Morgan fingerprint density at radius 1 is 1.47 bits per heavy atom. The molecule has 0 radical (unpaired) electrons. The highest BCUT2D eigenvalue weighted by atomic mass is 32.1. The van der Waals surface area contributed by atoms with E-state index in [1.165, 1.54) is 4.88 Å². The van der Waals surface area contributed by atoms with Crippen LogP contribution in [0.1, 0.15) is 11.8 Å². The average molecular weight is 291 g/mol. The Morgan fingerprint density at radius 3 is 3.11 bits per heavy atom. The summed E-state index contributed by atoms with van der Waals surface area (Å²) >= 11 is 7.04. The van der Waals surface area contributed by atoms with E-state index in [0.29, 0.717) is 11.4 Å².